The summed E-state index contributed by atoms with van der Waals surface area (Å²) in [7, 11) is 0. The molecule has 178 valence electrons. The maximum Gasteiger partial charge on any atom is 0.308 e. The fraction of sp³-hybridized carbons (Fsp3) is 0.292. The summed E-state index contributed by atoms with van der Waals surface area (Å²) in [5, 5.41) is 13.3. The molecule has 1 aromatic rings. The molecule has 0 radical (unpaired) electrons. The second-order valence-corrected chi connectivity index (χ2v) is 7.86. The Hall–Kier alpha value is -4.21. The predicted molar refractivity (Wildman–Crippen MR) is 119 cm³/mol. The molecule has 0 spiro atoms. The number of anilines is 1. The van der Waals surface area contributed by atoms with Crippen molar-refractivity contribution in [3.63, 3.8) is 0 Å². The molecule has 1 aliphatic heterocycles. The van der Waals surface area contributed by atoms with E-state index in [-0.39, 0.29) is 63.4 Å². The van der Waals surface area contributed by atoms with Gasteiger partial charge in [0.1, 0.15) is 17.3 Å². The number of amides is 1. The van der Waals surface area contributed by atoms with Crippen molar-refractivity contribution in [2.75, 3.05) is 12.1 Å². The number of ether oxygens (including phenoxy) is 3. The Morgan fingerprint density at radius 2 is 1.68 bits per heavy atom. The molecule has 1 amide bonds. The van der Waals surface area contributed by atoms with Gasteiger partial charge < -0.3 is 24.6 Å². The fourth-order valence-electron chi connectivity index (χ4n) is 3.81. The van der Waals surface area contributed by atoms with Crippen LogP contribution in [0.5, 0.6) is 11.5 Å². The van der Waals surface area contributed by atoms with Crippen LogP contribution in [0.15, 0.2) is 28.7 Å². The summed E-state index contributed by atoms with van der Waals surface area (Å²) in [5.41, 5.74) is 0.287. The number of benzene rings is 1. The highest BCUT2D eigenvalue weighted by Gasteiger charge is 2.41. The number of phenolic OH excluding ortho intramolecular Hbond substituents is 1. The van der Waals surface area contributed by atoms with Crippen LogP contribution >= 0.6 is 0 Å². The Kier molecular flexibility index (Phi) is 6.45. The van der Waals surface area contributed by atoms with E-state index < -0.39 is 29.2 Å². The summed E-state index contributed by atoms with van der Waals surface area (Å²) in [6, 6.07) is 0. The number of phenols is 1. The molecular weight excluding hydrogens is 446 g/mol. The molecule has 1 aromatic carbocycles. The Morgan fingerprint density at radius 1 is 1.03 bits per heavy atom. The average molecular weight is 469 g/mol. The molecule has 0 bridgehead atoms. The van der Waals surface area contributed by atoms with Gasteiger partial charge in [-0.15, -0.1) is 0 Å². The molecule has 1 aliphatic carbocycles. The fourth-order valence-corrected chi connectivity index (χ4v) is 3.81. The molecule has 0 saturated heterocycles. The minimum Gasteiger partial charge on any atom is -0.505 e. The normalized spacial score (nSPS) is 15.1. The summed E-state index contributed by atoms with van der Waals surface area (Å²) < 4.78 is 16.7. The van der Waals surface area contributed by atoms with Crippen LogP contribution in [0.25, 0.3) is 5.57 Å². The maximum atomic E-state index is 13.3. The number of rotatable bonds is 5. The molecule has 0 unspecified atom stereocenters. The highest BCUT2D eigenvalue weighted by molar-refractivity contribution is 6.40. The monoisotopic (exact) mass is 469 g/mol. The van der Waals surface area contributed by atoms with E-state index in [4.69, 9.17) is 14.2 Å². The molecule has 0 fully saturated rings. The predicted octanol–water partition coefficient (Wildman–Crippen LogP) is 2.87. The first-order valence-corrected chi connectivity index (χ1v) is 10.2. The van der Waals surface area contributed by atoms with Crippen molar-refractivity contribution in [3.05, 3.63) is 45.4 Å². The number of hydrogen-bond donors (Lipinski definition) is 2. The largest absolute Gasteiger partial charge is 0.505 e. The van der Waals surface area contributed by atoms with E-state index in [9.17, 15) is 29.1 Å². The van der Waals surface area contributed by atoms with Crippen LogP contribution in [0.3, 0.4) is 0 Å². The molecule has 0 atom stereocenters. The topological polar surface area (TPSA) is 145 Å². The van der Waals surface area contributed by atoms with Crippen molar-refractivity contribution in [3.8, 4) is 11.5 Å². The van der Waals surface area contributed by atoms with E-state index >= 15 is 0 Å². The highest BCUT2D eigenvalue weighted by atomic mass is 16.7. The number of esters is 1. The summed E-state index contributed by atoms with van der Waals surface area (Å²) in [5.74, 6) is -3.94. The number of carbonyl (C=O) groups is 5. The first kappa shape index (κ1) is 24.4. The van der Waals surface area contributed by atoms with E-state index in [0.717, 1.165) is 13.8 Å². The van der Waals surface area contributed by atoms with Gasteiger partial charge in [-0.05, 0) is 39.3 Å². The second kappa shape index (κ2) is 8.97. The van der Waals surface area contributed by atoms with Crippen molar-refractivity contribution in [1.29, 1.82) is 0 Å². The van der Waals surface area contributed by atoms with Gasteiger partial charge in [0.2, 0.25) is 12.6 Å². The summed E-state index contributed by atoms with van der Waals surface area (Å²) in [4.78, 5) is 60.6. The quantitative estimate of drug-likeness (QED) is 0.218. The molecule has 2 N–H and O–H groups in total. The van der Waals surface area contributed by atoms with Gasteiger partial charge >= 0.3 is 5.97 Å². The van der Waals surface area contributed by atoms with Gasteiger partial charge in [0.05, 0.1) is 16.8 Å². The van der Waals surface area contributed by atoms with Crippen molar-refractivity contribution in [1.82, 2.24) is 0 Å². The molecule has 3 rings (SSSR count). The lowest BCUT2D eigenvalue weighted by Gasteiger charge is -2.32. The Bertz CT molecular complexity index is 1280. The van der Waals surface area contributed by atoms with Crippen LogP contribution in [0.1, 0.15) is 56.1 Å². The van der Waals surface area contributed by atoms with E-state index in [0.29, 0.717) is 5.57 Å². The van der Waals surface area contributed by atoms with Gasteiger partial charge in [-0.2, -0.15) is 0 Å². The second-order valence-electron chi connectivity index (χ2n) is 7.86. The third kappa shape index (κ3) is 4.09. The van der Waals surface area contributed by atoms with Gasteiger partial charge in [0, 0.05) is 30.5 Å². The van der Waals surface area contributed by atoms with Gasteiger partial charge in [-0.25, -0.2) is 0 Å². The van der Waals surface area contributed by atoms with Crippen molar-refractivity contribution < 1.29 is 43.3 Å². The van der Waals surface area contributed by atoms with Gasteiger partial charge in [-0.1, -0.05) is 0 Å². The van der Waals surface area contributed by atoms with Crippen molar-refractivity contribution >= 4 is 40.5 Å². The molecule has 2 aliphatic rings. The smallest absolute Gasteiger partial charge is 0.308 e. The number of carbonyl (C=O) groups excluding carboxylic acids is 5. The Balaban J connectivity index is 2.50. The van der Waals surface area contributed by atoms with Gasteiger partial charge in [-0.3, -0.25) is 24.0 Å². The SMILES string of the molecule is CC(=O)/C=C(\C)C1=C2C(=C(C)C(=O)c3c(O)c(NC(=O)C(C)=O)c(C)c(OC(C)=O)c32)OCO1. The molecule has 0 aromatic heterocycles. The van der Waals surface area contributed by atoms with Crippen LogP contribution in [0, 0.1) is 6.92 Å². The third-order valence-electron chi connectivity index (χ3n) is 5.27. The van der Waals surface area contributed by atoms with Crippen LogP contribution in [0.2, 0.25) is 0 Å². The van der Waals surface area contributed by atoms with Gasteiger partial charge in [0.15, 0.2) is 17.3 Å². The van der Waals surface area contributed by atoms with Crippen LogP contribution in [-0.4, -0.2) is 41.1 Å². The van der Waals surface area contributed by atoms with E-state index in [1.54, 1.807) is 6.92 Å². The summed E-state index contributed by atoms with van der Waals surface area (Å²) >= 11 is 0. The zero-order chi connectivity index (χ0) is 25.5. The van der Waals surface area contributed by atoms with Crippen LogP contribution in [0.4, 0.5) is 5.69 Å². The van der Waals surface area contributed by atoms with Crippen LogP contribution < -0.4 is 10.1 Å². The zero-order valence-electron chi connectivity index (χ0n) is 19.5. The van der Waals surface area contributed by atoms with Crippen molar-refractivity contribution in [2.45, 2.75) is 41.5 Å². The van der Waals surface area contributed by atoms with E-state index in [2.05, 4.69) is 5.32 Å². The third-order valence-corrected chi connectivity index (χ3v) is 5.27. The minimum atomic E-state index is -1.03. The lowest BCUT2D eigenvalue weighted by molar-refractivity contribution is -0.133. The first-order chi connectivity index (χ1) is 15.9. The highest BCUT2D eigenvalue weighted by Crippen LogP contribution is 2.52. The van der Waals surface area contributed by atoms with E-state index in [1.165, 1.54) is 26.8 Å². The lowest BCUT2D eigenvalue weighted by Crippen LogP contribution is -2.26. The lowest BCUT2D eigenvalue weighted by atomic mass is 9.81. The minimum absolute atomic E-state index is 0.00243. The number of fused-ring (bicyclic) bond motifs is 3. The number of nitrogens with one attached hydrogen (secondary N) is 1. The Labute approximate surface area is 194 Å². The maximum absolute atomic E-state index is 13.3. The number of allylic oxidation sites excluding steroid dienone is 4. The zero-order valence-corrected chi connectivity index (χ0v) is 19.5. The average Bonchev–Trinajstić information content (AvgIpc) is 2.75. The number of Topliss-reactive ketones (excluding diaryl/α,β-unsaturated/α-hetero) is 2. The van der Waals surface area contributed by atoms with E-state index in [1.807, 2.05) is 0 Å². The molecule has 10 nitrogen and oxygen atoms in total. The van der Waals surface area contributed by atoms with Crippen molar-refractivity contribution in [2.24, 2.45) is 0 Å². The Morgan fingerprint density at radius 3 is 2.24 bits per heavy atom. The molecule has 1 heterocycles. The first-order valence-electron chi connectivity index (χ1n) is 10.2. The molecular formula is C24H23NO9. The molecule has 0 saturated carbocycles. The van der Waals surface area contributed by atoms with Gasteiger partial charge in [0.25, 0.3) is 5.91 Å². The molecule has 34 heavy (non-hydrogen) atoms. The van der Waals surface area contributed by atoms with Crippen LogP contribution in [-0.2, 0) is 28.7 Å². The number of hydrogen-bond acceptors (Lipinski definition) is 9. The standard InChI is InChI=1S/C24H23NO9/c1-9(7-10(2)26)21-17-15-16(19(29)12(4)22(17)33-8-32-21)20(30)18(25-24(31)13(5)27)11(3)23(15)34-14(6)28/h7,30H,8H2,1-6H3,(H,25,31)/b9-7+. The number of aromatic hydroxyl groups is 1. The molecule has 10 heteroatoms. The summed E-state index contributed by atoms with van der Waals surface area (Å²) in [6.07, 6.45) is 1.33. The summed E-state index contributed by atoms with van der Waals surface area (Å²) in [6.45, 7) is 7.84. The number of ketones is 3.